The van der Waals surface area contributed by atoms with E-state index in [-0.39, 0.29) is 10.9 Å². The summed E-state index contributed by atoms with van der Waals surface area (Å²) in [6.07, 6.45) is 0.834. The van der Waals surface area contributed by atoms with Crippen molar-refractivity contribution in [1.82, 2.24) is 0 Å². The van der Waals surface area contributed by atoms with Crippen molar-refractivity contribution >= 4 is 23.2 Å². The standard InChI is InChI=1S/C15H11ClFNO/c16-13-9-11(17)5-6-12(13)15(19)18-8-7-10-3-1-2-4-14(10)18/h1-6,9H,7-8H2. The van der Waals surface area contributed by atoms with Gasteiger partial charge < -0.3 is 4.90 Å². The zero-order valence-electron chi connectivity index (χ0n) is 10.1. The van der Waals surface area contributed by atoms with Crippen molar-refractivity contribution < 1.29 is 9.18 Å². The first-order chi connectivity index (χ1) is 9.16. The lowest BCUT2D eigenvalue weighted by Crippen LogP contribution is -2.29. The van der Waals surface area contributed by atoms with E-state index >= 15 is 0 Å². The number of carbonyl (C=O) groups is 1. The van der Waals surface area contributed by atoms with Gasteiger partial charge in [-0.2, -0.15) is 0 Å². The van der Waals surface area contributed by atoms with E-state index < -0.39 is 5.82 Å². The predicted octanol–water partition coefficient (Wildman–Crippen LogP) is 3.68. The van der Waals surface area contributed by atoms with E-state index in [0.717, 1.165) is 23.7 Å². The topological polar surface area (TPSA) is 20.3 Å². The van der Waals surface area contributed by atoms with Crippen LogP contribution in [0, 0.1) is 5.82 Å². The Hall–Kier alpha value is -1.87. The molecule has 2 aromatic carbocycles. The molecule has 0 saturated heterocycles. The second-order valence-corrected chi connectivity index (χ2v) is 4.87. The van der Waals surface area contributed by atoms with Crippen LogP contribution in [-0.4, -0.2) is 12.5 Å². The molecule has 1 aliphatic heterocycles. The fourth-order valence-corrected chi connectivity index (χ4v) is 2.61. The summed E-state index contributed by atoms with van der Waals surface area (Å²) in [6.45, 7) is 0.631. The maximum Gasteiger partial charge on any atom is 0.259 e. The average Bonchev–Trinajstić information content (AvgIpc) is 2.82. The number of hydrogen-bond acceptors (Lipinski definition) is 1. The maximum atomic E-state index is 13.0. The molecule has 0 fully saturated rings. The number of para-hydroxylation sites is 1. The summed E-state index contributed by atoms with van der Waals surface area (Å²) >= 11 is 5.94. The third-order valence-corrected chi connectivity index (χ3v) is 3.61. The summed E-state index contributed by atoms with van der Waals surface area (Å²) in [5.74, 6) is -0.627. The highest BCUT2D eigenvalue weighted by molar-refractivity contribution is 6.34. The Balaban J connectivity index is 1.98. The minimum absolute atomic E-state index is 0.148. The fourth-order valence-electron chi connectivity index (χ4n) is 2.36. The number of anilines is 1. The molecule has 1 amide bonds. The molecule has 2 nitrogen and oxygen atoms in total. The van der Waals surface area contributed by atoms with Crippen molar-refractivity contribution in [2.75, 3.05) is 11.4 Å². The highest BCUT2D eigenvalue weighted by Gasteiger charge is 2.26. The van der Waals surface area contributed by atoms with E-state index in [9.17, 15) is 9.18 Å². The molecule has 0 spiro atoms. The van der Waals surface area contributed by atoms with Gasteiger partial charge in [0.2, 0.25) is 0 Å². The third kappa shape index (κ3) is 2.10. The minimum atomic E-state index is -0.441. The molecule has 1 aliphatic rings. The molecule has 4 heteroatoms. The van der Waals surface area contributed by atoms with E-state index in [0.29, 0.717) is 12.1 Å². The SMILES string of the molecule is O=C(c1ccc(F)cc1Cl)N1CCc2ccccc21. The second kappa shape index (κ2) is 4.67. The van der Waals surface area contributed by atoms with Crippen LogP contribution in [-0.2, 0) is 6.42 Å². The monoisotopic (exact) mass is 275 g/mol. The lowest BCUT2D eigenvalue weighted by atomic mass is 10.1. The summed E-state index contributed by atoms with van der Waals surface area (Å²) in [5.41, 5.74) is 2.39. The highest BCUT2D eigenvalue weighted by atomic mass is 35.5. The first-order valence-corrected chi connectivity index (χ1v) is 6.39. The smallest absolute Gasteiger partial charge is 0.259 e. The molecular formula is C15H11ClFNO. The first kappa shape index (κ1) is 12.2. The van der Waals surface area contributed by atoms with Gasteiger partial charge in [0.05, 0.1) is 10.6 Å². The van der Waals surface area contributed by atoms with Gasteiger partial charge in [0.15, 0.2) is 0 Å². The van der Waals surface area contributed by atoms with Gasteiger partial charge in [0.1, 0.15) is 5.82 Å². The summed E-state index contributed by atoms with van der Waals surface area (Å²) in [7, 11) is 0. The zero-order chi connectivity index (χ0) is 13.4. The quantitative estimate of drug-likeness (QED) is 0.777. The number of rotatable bonds is 1. The molecule has 0 radical (unpaired) electrons. The molecule has 0 aromatic heterocycles. The maximum absolute atomic E-state index is 13.0. The Morgan fingerprint density at radius 2 is 2.00 bits per heavy atom. The third-order valence-electron chi connectivity index (χ3n) is 3.29. The summed E-state index contributed by atoms with van der Waals surface area (Å²) in [5, 5.41) is 0.148. The molecule has 0 aliphatic carbocycles. The molecular weight excluding hydrogens is 265 g/mol. The Labute approximate surface area is 115 Å². The van der Waals surface area contributed by atoms with Crippen LogP contribution in [0.4, 0.5) is 10.1 Å². The summed E-state index contributed by atoms with van der Waals surface area (Å²) in [6, 6.07) is 11.6. The van der Waals surface area contributed by atoms with Gasteiger partial charge in [-0.25, -0.2) is 4.39 Å². The largest absolute Gasteiger partial charge is 0.308 e. The number of hydrogen-bond donors (Lipinski definition) is 0. The molecule has 96 valence electrons. The van der Waals surface area contributed by atoms with E-state index in [1.54, 1.807) is 4.90 Å². The van der Waals surface area contributed by atoms with Gasteiger partial charge in [0, 0.05) is 12.2 Å². The number of nitrogens with zero attached hydrogens (tertiary/aromatic N) is 1. The van der Waals surface area contributed by atoms with Gasteiger partial charge in [-0.15, -0.1) is 0 Å². The van der Waals surface area contributed by atoms with Crippen LogP contribution in [0.25, 0.3) is 0 Å². The van der Waals surface area contributed by atoms with Gasteiger partial charge in [-0.1, -0.05) is 29.8 Å². The van der Waals surface area contributed by atoms with Crippen molar-refractivity contribution in [3.63, 3.8) is 0 Å². The van der Waals surface area contributed by atoms with E-state index in [2.05, 4.69) is 0 Å². The molecule has 19 heavy (non-hydrogen) atoms. The fraction of sp³-hybridized carbons (Fsp3) is 0.133. The van der Waals surface area contributed by atoms with Crippen LogP contribution in [0.15, 0.2) is 42.5 Å². The summed E-state index contributed by atoms with van der Waals surface area (Å²) < 4.78 is 13.0. The van der Waals surface area contributed by atoms with Crippen molar-refractivity contribution in [2.45, 2.75) is 6.42 Å². The normalized spacial score (nSPS) is 13.5. The Morgan fingerprint density at radius 1 is 1.21 bits per heavy atom. The van der Waals surface area contributed by atoms with Crippen LogP contribution in [0.2, 0.25) is 5.02 Å². The molecule has 0 N–H and O–H groups in total. The molecule has 0 bridgehead atoms. The van der Waals surface area contributed by atoms with E-state index in [4.69, 9.17) is 11.6 Å². The lowest BCUT2D eigenvalue weighted by molar-refractivity contribution is 0.0989. The molecule has 3 rings (SSSR count). The molecule has 0 saturated carbocycles. The van der Waals surface area contributed by atoms with Crippen LogP contribution in [0.5, 0.6) is 0 Å². The van der Waals surface area contributed by atoms with Crippen molar-refractivity contribution in [3.05, 3.63) is 64.4 Å². The van der Waals surface area contributed by atoms with Gasteiger partial charge in [-0.3, -0.25) is 4.79 Å². The number of fused-ring (bicyclic) bond motifs is 1. The number of carbonyl (C=O) groups excluding carboxylic acids is 1. The second-order valence-electron chi connectivity index (χ2n) is 4.46. The molecule has 2 aromatic rings. The summed E-state index contributed by atoms with van der Waals surface area (Å²) in [4.78, 5) is 14.1. The van der Waals surface area contributed by atoms with Crippen LogP contribution < -0.4 is 4.90 Å². The van der Waals surface area contributed by atoms with Crippen molar-refractivity contribution in [2.24, 2.45) is 0 Å². The van der Waals surface area contributed by atoms with Crippen molar-refractivity contribution in [1.29, 1.82) is 0 Å². The minimum Gasteiger partial charge on any atom is -0.308 e. The molecule has 0 unspecified atom stereocenters. The van der Waals surface area contributed by atoms with Gasteiger partial charge in [0.25, 0.3) is 5.91 Å². The Kier molecular flexibility index (Phi) is 2.99. The van der Waals surface area contributed by atoms with Crippen LogP contribution in [0.3, 0.4) is 0 Å². The number of benzene rings is 2. The van der Waals surface area contributed by atoms with Crippen LogP contribution in [0.1, 0.15) is 15.9 Å². The van der Waals surface area contributed by atoms with E-state index in [1.807, 2.05) is 24.3 Å². The van der Waals surface area contributed by atoms with Crippen LogP contribution >= 0.6 is 11.6 Å². The Morgan fingerprint density at radius 3 is 2.79 bits per heavy atom. The predicted molar refractivity (Wildman–Crippen MR) is 73.2 cm³/mol. The highest BCUT2D eigenvalue weighted by Crippen LogP contribution is 2.30. The number of halogens is 2. The first-order valence-electron chi connectivity index (χ1n) is 6.01. The van der Waals surface area contributed by atoms with Gasteiger partial charge >= 0.3 is 0 Å². The Bertz CT molecular complexity index is 656. The van der Waals surface area contributed by atoms with Gasteiger partial charge in [-0.05, 0) is 36.2 Å². The molecule has 0 atom stereocenters. The number of amides is 1. The average molecular weight is 276 g/mol. The molecule has 1 heterocycles. The lowest BCUT2D eigenvalue weighted by Gasteiger charge is -2.18. The van der Waals surface area contributed by atoms with Crippen molar-refractivity contribution in [3.8, 4) is 0 Å². The van der Waals surface area contributed by atoms with E-state index in [1.165, 1.54) is 12.1 Å². The zero-order valence-corrected chi connectivity index (χ0v) is 10.8.